The van der Waals surface area contributed by atoms with Crippen LogP contribution in [0.4, 0.5) is 23.7 Å². The number of hydrogen-bond acceptors (Lipinski definition) is 3. The number of alkyl halides is 3. The number of nitrogens with one attached hydrogen (secondary N) is 1. The molecule has 1 heterocycles. The number of rotatable bonds is 5. The molecule has 2 aromatic carbocycles. The van der Waals surface area contributed by atoms with Crippen LogP contribution in [0.2, 0.25) is 0 Å². The molecule has 0 atom stereocenters. The summed E-state index contributed by atoms with van der Waals surface area (Å²) in [4.78, 5) is 16.3. The molecule has 8 heteroatoms. The van der Waals surface area contributed by atoms with Crippen molar-refractivity contribution in [2.75, 3.05) is 44.7 Å². The molecule has 1 fully saturated rings. The molecule has 1 saturated heterocycles. The molecule has 3 rings (SSSR count). The average molecular weight is 407 g/mol. The van der Waals surface area contributed by atoms with Crippen LogP contribution >= 0.6 is 0 Å². The summed E-state index contributed by atoms with van der Waals surface area (Å²) in [5.41, 5.74) is 1.18. The third kappa shape index (κ3) is 5.56. The molecule has 0 unspecified atom stereocenters. The van der Waals surface area contributed by atoms with Crippen molar-refractivity contribution in [3.05, 3.63) is 59.7 Å². The molecule has 1 aliphatic rings. The van der Waals surface area contributed by atoms with Gasteiger partial charge in [0.05, 0.1) is 12.7 Å². The Morgan fingerprint density at radius 2 is 1.62 bits per heavy atom. The van der Waals surface area contributed by atoms with Gasteiger partial charge in [-0.15, -0.1) is 0 Å². The van der Waals surface area contributed by atoms with Gasteiger partial charge in [0, 0.05) is 38.4 Å². The predicted molar refractivity (Wildman–Crippen MR) is 105 cm³/mol. The van der Waals surface area contributed by atoms with Gasteiger partial charge >= 0.3 is 12.2 Å². The van der Waals surface area contributed by atoms with Crippen LogP contribution in [-0.4, -0.2) is 50.8 Å². The lowest BCUT2D eigenvalue weighted by molar-refractivity contribution is -0.137. The molecular weight excluding hydrogens is 383 g/mol. The van der Waals surface area contributed by atoms with Crippen molar-refractivity contribution >= 4 is 11.7 Å². The molecule has 0 aromatic heterocycles. The van der Waals surface area contributed by atoms with Crippen LogP contribution < -0.4 is 15.0 Å². The average Bonchev–Trinajstić information content (AvgIpc) is 2.73. The number of anilines is 1. The Balaban J connectivity index is 1.41. The summed E-state index contributed by atoms with van der Waals surface area (Å²) >= 11 is 0. The monoisotopic (exact) mass is 407 g/mol. The van der Waals surface area contributed by atoms with Gasteiger partial charge in [0.1, 0.15) is 5.75 Å². The van der Waals surface area contributed by atoms with Gasteiger partial charge in [-0.05, 0) is 48.4 Å². The molecular formula is C21H24F3N3O2. The lowest BCUT2D eigenvalue weighted by Crippen LogP contribution is -2.52. The summed E-state index contributed by atoms with van der Waals surface area (Å²) in [7, 11) is 1.63. The van der Waals surface area contributed by atoms with Crippen LogP contribution in [0.5, 0.6) is 5.75 Å². The van der Waals surface area contributed by atoms with Crippen LogP contribution in [0, 0.1) is 0 Å². The van der Waals surface area contributed by atoms with Crippen molar-refractivity contribution in [3.8, 4) is 5.75 Å². The molecule has 0 saturated carbocycles. The summed E-state index contributed by atoms with van der Waals surface area (Å²) < 4.78 is 42.9. The fraction of sp³-hybridized carbons (Fsp3) is 0.381. The molecule has 156 valence electrons. The maximum absolute atomic E-state index is 12.6. The minimum absolute atomic E-state index is 0.147. The fourth-order valence-electron chi connectivity index (χ4n) is 3.25. The lowest BCUT2D eigenvalue weighted by atomic mass is 10.1. The predicted octanol–water partition coefficient (Wildman–Crippen LogP) is 3.79. The third-order valence-corrected chi connectivity index (χ3v) is 4.98. The van der Waals surface area contributed by atoms with Gasteiger partial charge in [-0.1, -0.05) is 12.1 Å². The Kier molecular flexibility index (Phi) is 6.51. The zero-order valence-corrected chi connectivity index (χ0v) is 16.2. The number of benzene rings is 2. The second-order valence-corrected chi connectivity index (χ2v) is 6.85. The Hall–Kier alpha value is -2.90. The number of hydrogen-bond donors (Lipinski definition) is 1. The number of ether oxygens (including phenoxy) is 1. The van der Waals surface area contributed by atoms with E-state index in [9.17, 15) is 18.0 Å². The number of carbonyl (C=O) groups excluding carboxylic acids is 1. The number of urea groups is 1. The number of nitrogens with zero attached hydrogens (tertiary/aromatic N) is 2. The van der Waals surface area contributed by atoms with Gasteiger partial charge in [0.25, 0.3) is 0 Å². The first-order valence-corrected chi connectivity index (χ1v) is 9.45. The summed E-state index contributed by atoms with van der Waals surface area (Å²) in [5.74, 6) is 0.805. The molecule has 2 amide bonds. The number of halogens is 3. The van der Waals surface area contributed by atoms with Gasteiger partial charge in [0.15, 0.2) is 0 Å². The highest BCUT2D eigenvalue weighted by Crippen LogP contribution is 2.29. The zero-order valence-electron chi connectivity index (χ0n) is 16.2. The maximum atomic E-state index is 12.6. The van der Waals surface area contributed by atoms with Gasteiger partial charge in [-0.2, -0.15) is 13.2 Å². The van der Waals surface area contributed by atoms with E-state index in [4.69, 9.17) is 4.74 Å². The Morgan fingerprint density at radius 3 is 2.17 bits per heavy atom. The normalized spacial score (nSPS) is 14.6. The van der Waals surface area contributed by atoms with E-state index in [1.54, 1.807) is 12.0 Å². The smallest absolute Gasteiger partial charge is 0.416 e. The minimum Gasteiger partial charge on any atom is -0.497 e. The molecule has 1 N–H and O–H groups in total. The number of carbonyl (C=O) groups is 1. The van der Waals surface area contributed by atoms with Crippen LogP contribution in [0.25, 0.3) is 0 Å². The SMILES string of the molecule is COc1ccc(N2CCN(C(=O)NCCc3ccc(C(F)(F)F)cc3)CC2)cc1. The van der Waals surface area contributed by atoms with Crippen LogP contribution in [0.3, 0.4) is 0 Å². The second kappa shape index (κ2) is 9.07. The topological polar surface area (TPSA) is 44.8 Å². The molecule has 0 spiro atoms. The Morgan fingerprint density at radius 1 is 1.00 bits per heavy atom. The first-order chi connectivity index (χ1) is 13.9. The lowest BCUT2D eigenvalue weighted by Gasteiger charge is -2.36. The number of piperazine rings is 1. The highest BCUT2D eigenvalue weighted by molar-refractivity contribution is 5.74. The van der Waals surface area contributed by atoms with Crippen molar-refractivity contribution in [1.29, 1.82) is 0 Å². The van der Waals surface area contributed by atoms with Crippen LogP contribution in [0.15, 0.2) is 48.5 Å². The summed E-state index contributed by atoms with van der Waals surface area (Å²) in [5, 5.41) is 2.85. The zero-order chi connectivity index (χ0) is 20.9. The quantitative estimate of drug-likeness (QED) is 0.820. The van der Waals surface area contributed by atoms with E-state index in [2.05, 4.69) is 10.2 Å². The molecule has 0 radical (unpaired) electrons. The molecule has 5 nitrogen and oxygen atoms in total. The minimum atomic E-state index is -4.33. The standard InChI is InChI=1S/C21H24F3N3O2/c1-29-19-8-6-18(7-9-19)26-12-14-27(15-13-26)20(28)25-11-10-16-2-4-17(5-3-16)21(22,23)24/h2-9H,10-15H2,1H3,(H,25,28). The third-order valence-electron chi connectivity index (χ3n) is 4.98. The van der Waals surface area contributed by atoms with Crippen molar-refractivity contribution in [3.63, 3.8) is 0 Å². The fourth-order valence-corrected chi connectivity index (χ4v) is 3.25. The second-order valence-electron chi connectivity index (χ2n) is 6.85. The van der Waals surface area contributed by atoms with Crippen LogP contribution in [0.1, 0.15) is 11.1 Å². The van der Waals surface area contributed by atoms with Crippen molar-refractivity contribution in [2.24, 2.45) is 0 Å². The molecule has 0 bridgehead atoms. The molecule has 2 aromatic rings. The molecule has 29 heavy (non-hydrogen) atoms. The number of amides is 2. The summed E-state index contributed by atoms with van der Waals surface area (Å²) in [6.45, 7) is 3.07. The first-order valence-electron chi connectivity index (χ1n) is 9.45. The van der Waals surface area contributed by atoms with Gasteiger partial charge < -0.3 is 19.9 Å². The highest BCUT2D eigenvalue weighted by Gasteiger charge is 2.29. The first kappa shape index (κ1) is 20.8. The van der Waals surface area contributed by atoms with E-state index in [0.29, 0.717) is 26.1 Å². The van der Waals surface area contributed by atoms with E-state index < -0.39 is 11.7 Å². The van der Waals surface area contributed by atoms with Gasteiger partial charge in [-0.3, -0.25) is 0 Å². The molecule has 0 aliphatic carbocycles. The van der Waals surface area contributed by atoms with Crippen molar-refractivity contribution in [1.82, 2.24) is 10.2 Å². The largest absolute Gasteiger partial charge is 0.497 e. The number of methoxy groups -OCH3 is 1. The van der Waals surface area contributed by atoms with E-state index in [-0.39, 0.29) is 6.03 Å². The maximum Gasteiger partial charge on any atom is 0.416 e. The van der Waals surface area contributed by atoms with E-state index in [0.717, 1.165) is 42.2 Å². The van der Waals surface area contributed by atoms with E-state index in [1.807, 2.05) is 24.3 Å². The van der Waals surface area contributed by atoms with E-state index in [1.165, 1.54) is 12.1 Å². The van der Waals surface area contributed by atoms with Crippen molar-refractivity contribution in [2.45, 2.75) is 12.6 Å². The molecule has 1 aliphatic heterocycles. The van der Waals surface area contributed by atoms with Crippen molar-refractivity contribution < 1.29 is 22.7 Å². The Labute approximate surface area is 168 Å². The highest BCUT2D eigenvalue weighted by atomic mass is 19.4. The summed E-state index contributed by atoms with van der Waals surface area (Å²) in [6.07, 6.45) is -3.85. The summed E-state index contributed by atoms with van der Waals surface area (Å²) in [6, 6.07) is 12.7. The van der Waals surface area contributed by atoms with E-state index >= 15 is 0 Å². The Bertz CT molecular complexity index is 799. The van der Waals surface area contributed by atoms with Crippen LogP contribution in [-0.2, 0) is 12.6 Å². The van der Waals surface area contributed by atoms with Gasteiger partial charge in [-0.25, -0.2) is 4.79 Å². The van der Waals surface area contributed by atoms with Gasteiger partial charge in [0.2, 0.25) is 0 Å².